The fourth-order valence-electron chi connectivity index (χ4n) is 7.89. The van der Waals surface area contributed by atoms with E-state index < -0.39 is 65.2 Å². The van der Waals surface area contributed by atoms with Crippen LogP contribution in [0.15, 0.2) is 35.9 Å². The van der Waals surface area contributed by atoms with Crippen LogP contribution in [0.5, 0.6) is 5.75 Å². The number of methoxy groups -OCH3 is 2. The van der Waals surface area contributed by atoms with Crippen LogP contribution in [0.3, 0.4) is 0 Å². The lowest BCUT2D eigenvalue weighted by Gasteiger charge is -2.46. The predicted octanol–water partition coefficient (Wildman–Crippen LogP) is 4.80. The molecule has 4 heterocycles. The Morgan fingerprint density at radius 3 is 2.55 bits per heavy atom. The Morgan fingerprint density at radius 1 is 1.21 bits per heavy atom. The van der Waals surface area contributed by atoms with Crippen LogP contribution in [0.2, 0.25) is 5.02 Å². The van der Waals surface area contributed by atoms with E-state index in [1.807, 2.05) is 13.0 Å². The Kier molecular flexibility index (Phi) is 11.6. The Morgan fingerprint density at radius 2 is 1.91 bits per heavy atom. The molecule has 1 aromatic carbocycles. The van der Waals surface area contributed by atoms with Crippen molar-refractivity contribution in [3.63, 3.8) is 0 Å². The number of halogens is 1. The molecule has 3 fully saturated rings. The molecule has 0 radical (unpaired) electrons. The van der Waals surface area contributed by atoms with Gasteiger partial charge in [0.25, 0.3) is 0 Å². The average Bonchev–Trinajstić information content (AvgIpc) is 3.72. The van der Waals surface area contributed by atoms with Gasteiger partial charge in [-0.05, 0) is 38.0 Å². The number of alkyl carbamates (subject to hydrolysis) is 1. The topological polar surface area (TPSA) is 156 Å². The SMILES string of the molecule is COc1cc2cc(c1Cl)N(C)C(=O)C[C@@H]1OC(=O)[C@@H](N(C)C(=O)CCSC(C)(C)C)C3(O[C@@]13C)[C@H](C)C1CC(O)(NC(=O)O1)C(OC)/C=C/C=C(\C)C2. The van der Waals surface area contributed by atoms with Crippen LogP contribution in [0.4, 0.5) is 10.5 Å². The number of nitrogens with zero attached hydrogens (tertiary/aromatic N) is 2. The van der Waals surface area contributed by atoms with E-state index in [1.165, 1.54) is 31.1 Å². The number of aliphatic hydroxyl groups is 1. The zero-order valence-electron chi connectivity index (χ0n) is 32.1. The molecule has 0 aromatic heterocycles. The van der Waals surface area contributed by atoms with Crippen molar-refractivity contribution in [1.82, 2.24) is 10.2 Å². The summed E-state index contributed by atoms with van der Waals surface area (Å²) in [6.45, 7) is 11.6. The number of epoxide rings is 1. The third-order valence-electron chi connectivity index (χ3n) is 10.8. The first kappa shape index (κ1) is 40.9. The van der Waals surface area contributed by atoms with Gasteiger partial charge in [0.1, 0.15) is 40.3 Å². The summed E-state index contributed by atoms with van der Waals surface area (Å²) in [5, 5.41) is 14.7. The molecule has 0 aliphatic carbocycles. The minimum atomic E-state index is -1.92. The summed E-state index contributed by atoms with van der Waals surface area (Å²) in [6.07, 6.45) is 1.41. The van der Waals surface area contributed by atoms with Crippen LogP contribution in [0.25, 0.3) is 0 Å². The minimum Gasteiger partial charge on any atom is -0.495 e. The number of carbonyl (C=O) groups excluding carboxylic acids is 4. The van der Waals surface area contributed by atoms with Crippen LogP contribution in [-0.4, -0.2) is 114 Å². The molecule has 13 nitrogen and oxygen atoms in total. The summed E-state index contributed by atoms with van der Waals surface area (Å²) in [6, 6.07) is 2.34. The number of likely N-dealkylation sites (N-methyl/N-ethyl adjacent to an activating group) is 1. The van der Waals surface area contributed by atoms with Crippen molar-refractivity contribution in [1.29, 1.82) is 0 Å². The van der Waals surface area contributed by atoms with E-state index in [0.717, 1.165) is 11.1 Å². The van der Waals surface area contributed by atoms with E-state index in [-0.39, 0.29) is 34.9 Å². The van der Waals surface area contributed by atoms with Gasteiger partial charge in [0, 0.05) is 50.5 Å². The van der Waals surface area contributed by atoms with Crippen molar-refractivity contribution >= 4 is 52.9 Å². The van der Waals surface area contributed by atoms with E-state index in [0.29, 0.717) is 23.6 Å². The van der Waals surface area contributed by atoms with E-state index in [9.17, 15) is 24.3 Å². The number of benzene rings is 1. The summed E-state index contributed by atoms with van der Waals surface area (Å²) >= 11 is 8.38. The number of carbonyl (C=O) groups is 4. The summed E-state index contributed by atoms with van der Waals surface area (Å²) < 4.78 is 29.7. The molecule has 6 bridgehead atoms. The lowest BCUT2D eigenvalue weighted by Crippen LogP contribution is -2.68. The molecule has 0 spiro atoms. The highest BCUT2D eigenvalue weighted by Gasteiger charge is 2.83. The maximum Gasteiger partial charge on any atom is 0.409 e. The van der Waals surface area contributed by atoms with E-state index in [2.05, 4.69) is 26.1 Å². The molecule has 8 atom stereocenters. The van der Waals surface area contributed by atoms with Crippen LogP contribution < -0.4 is 15.0 Å². The van der Waals surface area contributed by atoms with Gasteiger partial charge in [-0.2, -0.15) is 11.8 Å². The lowest BCUT2D eigenvalue weighted by atomic mass is 9.69. The summed E-state index contributed by atoms with van der Waals surface area (Å²) in [5.41, 5.74) is -2.55. The van der Waals surface area contributed by atoms with Gasteiger partial charge in [0.2, 0.25) is 11.8 Å². The quantitative estimate of drug-likeness (QED) is 0.302. The molecule has 15 heteroatoms. The van der Waals surface area contributed by atoms with E-state index in [4.69, 9.17) is 35.3 Å². The largest absolute Gasteiger partial charge is 0.495 e. The van der Waals surface area contributed by atoms with Crippen molar-refractivity contribution in [3.8, 4) is 5.75 Å². The number of allylic oxidation sites excluding steroid dienone is 3. The number of rotatable bonds is 6. The number of fused-ring (bicyclic) bond motifs is 4. The lowest BCUT2D eigenvalue weighted by molar-refractivity contribution is -0.174. The van der Waals surface area contributed by atoms with Gasteiger partial charge in [-0.15, -0.1) is 0 Å². The molecule has 0 saturated carbocycles. The number of amides is 3. The molecule has 2 N–H and O–H groups in total. The number of thioether (sulfide) groups is 1. The number of nitrogens with one attached hydrogen (secondary N) is 1. The molecule has 292 valence electrons. The Hall–Kier alpha value is -3.30. The van der Waals surface area contributed by atoms with Gasteiger partial charge in [-0.25, -0.2) is 9.59 Å². The fourth-order valence-corrected chi connectivity index (χ4v) is 9.09. The van der Waals surface area contributed by atoms with Gasteiger partial charge >= 0.3 is 12.1 Å². The number of esters is 1. The second kappa shape index (κ2) is 15.1. The monoisotopic (exact) mass is 777 g/mol. The number of ether oxygens (including phenoxy) is 5. The minimum absolute atomic E-state index is 0.0715. The summed E-state index contributed by atoms with van der Waals surface area (Å²) in [4.78, 5) is 57.9. The number of anilines is 1. The van der Waals surface area contributed by atoms with E-state index >= 15 is 0 Å². The zero-order chi connectivity index (χ0) is 39.3. The third kappa shape index (κ3) is 7.80. The second-order valence-corrected chi connectivity index (χ2v) is 17.9. The van der Waals surface area contributed by atoms with Crippen molar-refractivity contribution in [2.24, 2.45) is 5.92 Å². The molecule has 4 unspecified atom stereocenters. The van der Waals surface area contributed by atoms with Crippen molar-refractivity contribution in [2.75, 3.05) is 39.0 Å². The molecular weight excluding hydrogens is 726 g/mol. The molecule has 3 amide bonds. The maximum atomic E-state index is 14.2. The Balaban J connectivity index is 1.61. The van der Waals surface area contributed by atoms with Crippen molar-refractivity contribution < 1.29 is 48.0 Å². The first-order valence-corrected chi connectivity index (χ1v) is 19.1. The van der Waals surface area contributed by atoms with Crippen LogP contribution in [0.1, 0.15) is 66.4 Å². The standard InChI is InChI=1S/C38H52ClN3O10S/c1-21-12-11-13-27(49-10)37(47)20-26(50-34(46)40-37)22(2)38-32(42(8)29(43)14-15-53-35(3,4)5)33(45)51-28(36(38,6)52-38)19-30(44)41(7)24-17-23(16-21)18-25(48-9)31(24)39/h11-13,17-18,22,26-28,32,47H,14-16,19-20H2,1-10H3,(H,40,46)/b13-11+,21-12+/t22-,26?,27?,28+,32-,36+,37?,38?/m1/s1. The van der Waals surface area contributed by atoms with E-state index in [1.54, 1.807) is 56.9 Å². The Bertz CT molecular complexity index is 1700. The molecule has 5 rings (SSSR count). The summed E-state index contributed by atoms with van der Waals surface area (Å²) in [7, 11) is 6.03. The predicted molar refractivity (Wildman–Crippen MR) is 201 cm³/mol. The van der Waals surface area contributed by atoms with Crippen LogP contribution in [-0.2, 0) is 39.8 Å². The maximum absolute atomic E-state index is 14.2. The van der Waals surface area contributed by atoms with Crippen molar-refractivity contribution in [2.45, 2.75) is 113 Å². The molecule has 4 aliphatic rings. The van der Waals surface area contributed by atoms with Gasteiger partial charge in [-0.1, -0.05) is 63.1 Å². The van der Waals surface area contributed by atoms with Crippen LogP contribution in [0, 0.1) is 5.92 Å². The third-order valence-corrected chi connectivity index (χ3v) is 12.5. The summed E-state index contributed by atoms with van der Waals surface area (Å²) in [5.74, 6) is -1.37. The molecule has 4 aliphatic heterocycles. The first-order chi connectivity index (χ1) is 24.7. The smallest absolute Gasteiger partial charge is 0.409 e. The average molecular weight is 778 g/mol. The highest BCUT2D eigenvalue weighted by Crippen LogP contribution is 2.63. The molecular formula is C38H52ClN3O10S. The van der Waals surface area contributed by atoms with Gasteiger partial charge in [0.05, 0.1) is 19.2 Å². The number of hydrogen-bond acceptors (Lipinski definition) is 11. The van der Waals surface area contributed by atoms with Gasteiger partial charge in [-0.3, -0.25) is 14.9 Å². The van der Waals surface area contributed by atoms with Crippen molar-refractivity contribution in [3.05, 3.63) is 46.5 Å². The van der Waals surface area contributed by atoms with Gasteiger partial charge in [0.15, 0.2) is 11.8 Å². The second-order valence-electron chi connectivity index (χ2n) is 15.6. The Labute approximate surface area is 320 Å². The highest BCUT2D eigenvalue weighted by atomic mass is 35.5. The first-order valence-electron chi connectivity index (χ1n) is 17.7. The zero-order valence-corrected chi connectivity index (χ0v) is 33.7. The molecule has 1 aromatic rings. The normalized spacial score (nSPS) is 34.8. The van der Waals surface area contributed by atoms with Crippen LogP contribution >= 0.6 is 23.4 Å². The highest BCUT2D eigenvalue weighted by molar-refractivity contribution is 8.00. The fraction of sp³-hybridized carbons (Fsp3) is 0.632. The molecule has 3 saturated heterocycles. The van der Waals surface area contributed by atoms with Gasteiger partial charge < -0.3 is 38.6 Å². The molecule has 53 heavy (non-hydrogen) atoms. The number of hydrogen-bond donors (Lipinski definition) is 2.